The highest BCUT2D eigenvalue weighted by Crippen LogP contribution is 2.13. The summed E-state index contributed by atoms with van der Waals surface area (Å²) < 4.78 is 3.43. The molecule has 2 aromatic heterocycles. The topological polar surface area (TPSA) is 59.3 Å². The monoisotopic (exact) mass is 339 g/mol. The number of nitrogens with one attached hydrogen (secondary N) is 1. The third-order valence-electron chi connectivity index (χ3n) is 4.70. The molecule has 0 aliphatic rings. The molecule has 132 valence electrons. The first-order chi connectivity index (χ1) is 12.1. The highest BCUT2D eigenvalue weighted by atomic mass is 16.1. The maximum absolute atomic E-state index is 12.5. The van der Waals surface area contributed by atoms with Crippen molar-refractivity contribution in [3.05, 3.63) is 68.4 Å². The number of para-hydroxylation sites is 1. The van der Waals surface area contributed by atoms with E-state index in [2.05, 4.69) is 11.9 Å². The Kier molecular flexibility index (Phi) is 5.22. The van der Waals surface area contributed by atoms with E-state index in [9.17, 15) is 9.59 Å². The number of aromatic nitrogens is 3. The number of benzene rings is 1. The van der Waals surface area contributed by atoms with Gasteiger partial charge in [-0.05, 0) is 31.9 Å². The van der Waals surface area contributed by atoms with Gasteiger partial charge < -0.3 is 4.98 Å². The van der Waals surface area contributed by atoms with E-state index in [1.807, 2.05) is 41.8 Å². The largest absolute Gasteiger partial charge is 0.307 e. The molecule has 0 aliphatic carbocycles. The lowest BCUT2D eigenvalue weighted by Crippen LogP contribution is -2.23. The molecular formula is C20H25N3O2. The minimum absolute atomic E-state index is 0.0850. The van der Waals surface area contributed by atoms with Crippen molar-refractivity contribution in [2.45, 2.75) is 52.4 Å². The van der Waals surface area contributed by atoms with E-state index >= 15 is 0 Å². The van der Waals surface area contributed by atoms with Gasteiger partial charge in [0, 0.05) is 17.3 Å². The highest BCUT2D eigenvalue weighted by Gasteiger charge is 2.14. The second-order valence-corrected chi connectivity index (χ2v) is 6.51. The quantitative estimate of drug-likeness (QED) is 0.669. The number of aryl methyl sites for hydroxylation is 1. The summed E-state index contributed by atoms with van der Waals surface area (Å²) in [7, 11) is 0. The Bertz CT molecular complexity index is 964. The summed E-state index contributed by atoms with van der Waals surface area (Å²) >= 11 is 0. The Morgan fingerprint density at radius 1 is 1.00 bits per heavy atom. The van der Waals surface area contributed by atoms with Gasteiger partial charge in [-0.3, -0.25) is 9.59 Å². The summed E-state index contributed by atoms with van der Waals surface area (Å²) in [6, 6.07) is 11.0. The van der Waals surface area contributed by atoms with E-state index in [1.54, 1.807) is 4.68 Å². The predicted octanol–water partition coefficient (Wildman–Crippen LogP) is 3.60. The van der Waals surface area contributed by atoms with Crippen LogP contribution in [0.5, 0.6) is 0 Å². The standard InChI is InChI=1S/C20H25N3O2/c1-3-4-5-6-10-13-17-15(2)22-18(21-20(17)25)14-19(24)23(22)16-11-8-7-9-12-16/h7-9,11-12,14H,3-6,10,13H2,1-2H3,(H,21,25). The highest BCUT2D eigenvalue weighted by molar-refractivity contribution is 5.43. The van der Waals surface area contributed by atoms with Crippen molar-refractivity contribution in [2.75, 3.05) is 0 Å². The summed E-state index contributed by atoms with van der Waals surface area (Å²) in [6.07, 6.45) is 6.50. The van der Waals surface area contributed by atoms with Crippen LogP contribution in [-0.2, 0) is 6.42 Å². The van der Waals surface area contributed by atoms with E-state index in [4.69, 9.17) is 0 Å². The number of hydrogen-bond acceptors (Lipinski definition) is 2. The maximum Gasteiger partial charge on any atom is 0.273 e. The van der Waals surface area contributed by atoms with E-state index in [0.717, 1.165) is 36.2 Å². The summed E-state index contributed by atoms with van der Waals surface area (Å²) in [5, 5.41) is 0. The van der Waals surface area contributed by atoms with Crippen LogP contribution < -0.4 is 11.1 Å². The van der Waals surface area contributed by atoms with Crippen molar-refractivity contribution in [1.82, 2.24) is 14.2 Å². The van der Waals surface area contributed by atoms with Gasteiger partial charge >= 0.3 is 0 Å². The van der Waals surface area contributed by atoms with Crippen LogP contribution in [0.4, 0.5) is 0 Å². The number of fused-ring (bicyclic) bond motifs is 1. The van der Waals surface area contributed by atoms with Gasteiger partial charge in [0.2, 0.25) is 0 Å². The molecule has 1 N–H and O–H groups in total. The smallest absolute Gasteiger partial charge is 0.273 e. The number of nitrogens with zero attached hydrogens (tertiary/aromatic N) is 2. The zero-order chi connectivity index (χ0) is 17.8. The number of rotatable bonds is 7. The van der Waals surface area contributed by atoms with E-state index in [0.29, 0.717) is 5.65 Å². The van der Waals surface area contributed by atoms with Crippen LogP contribution in [0, 0.1) is 6.92 Å². The van der Waals surface area contributed by atoms with Gasteiger partial charge in [-0.1, -0.05) is 50.8 Å². The minimum atomic E-state index is -0.148. The van der Waals surface area contributed by atoms with Gasteiger partial charge in [-0.2, -0.15) is 0 Å². The number of hydrogen-bond donors (Lipinski definition) is 1. The lowest BCUT2D eigenvalue weighted by atomic mass is 10.1. The molecule has 0 spiro atoms. The van der Waals surface area contributed by atoms with Crippen LogP contribution in [0.15, 0.2) is 46.0 Å². The Labute approximate surface area is 146 Å². The second kappa shape index (κ2) is 7.55. The van der Waals surface area contributed by atoms with Crippen LogP contribution >= 0.6 is 0 Å². The molecule has 5 nitrogen and oxygen atoms in total. The molecule has 0 atom stereocenters. The van der Waals surface area contributed by atoms with Gasteiger partial charge in [0.25, 0.3) is 11.1 Å². The van der Waals surface area contributed by atoms with Crippen molar-refractivity contribution in [3.8, 4) is 5.69 Å². The minimum Gasteiger partial charge on any atom is -0.307 e. The molecule has 3 rings (SSSR count). The van der Waals surface area contributed by atoms with Gasteiger partial charge in [0.1, 0.15) is 5.65 Å². The molecule has 0 aliphatic heterocycles. The first-order valence-electron chi connectivity index (χ1n) is 9.05. The number of aromatic amines is 1. The van der Waals surface area contributed by atoms with Gasteiger partial charge in [0.15, 0.2) is 0 Å². The number of H-pyrrole nitrogens is 1. The van der Waals surface area contributed by atoms with Crippen molar-refractivity contribution in [2.24, 2.45) is 0 Å². The van der Waals surface area contributed by atoms with Crippen LogP contribution in [0.25, 0.3) is 11.3 Å². The van der Waals surface area contributed by atoms with Crippen LogP contribution in [0.2, 0.25) is 0 Å². The van der Waals surface area contributed by atoms with Crippen molar-refractivity contribution < 1.29 is 0 Å². The summed E-state index contributed by atoms with van der Waals surface area (Å²) in [4.78, 5) is 27.8. The fourth-order valence-electron chi connectivity index (χ4n) is 3.36. The van der Waals surface area contributed by atoms with E-state index < -0.39 is 0 Å². The molecule has 0 saturated carbocycles. The van der Waals surface area contributed by atoms with E-state index in [-0.39, 0.29) is 11.1 Å². The Morgan fingerprint density at radius 2 is 1.72 bits per heavy atom. The maximum atomic E-state index is 12.5. The lowest BCUT2D eigenvalue weighted by molar-refractivity contribution is 0.625. The molecule has 25 heavy (non-hydrogen) atoms. The molecule has 0 fully saturated rings. The third kappa shape index (κ3) is 3.45. The number of unbranched alkanes of at least 4 members (excludes halogenated alkanes) is 4. The molecule has 3 aromatic rings. The van der Waals surface area contributed by atoms with Crippen LogP contribution in [0.1, 0.15) is 50.3 Å². The third-order valence-corrected chi connectivity index (χ3v) is 4.70. The Hall–Kier alpha value is -2.56. The van der Waals surface area contributed by atoms with E-state index in [1.165, 1.54) is 25.3 Å². The molecular weight excluding hydrogens is 314 g/mol. The summed E-state index contributed by atoms with van der Waals surface area (Å²) in [5.41, 5.74) is 2.69. The zero-order valence-electron chi connectivity index (χ0n) is 14.9. The van der Waals surface area contributed by atoms with Gasteiger partial charge in [-0.15, -0.1) is 0 Å². The molecule has 1 aromatic carbocycles. The first kappa shape index (κ1) is 17.3. The molecule has 0 amide bonds. The zero-order valence-corrected chi connectivity index (χ0v) is 14.9. The first-order valence-corrected chi connectivity index (χ1v) is 9.05. The average molecular weight is 339 g/mol. The average Bonchev–Trinajstić information content (AvgIpc) is 2.94. The molecule has 5 heteroatoms. The SMILES string of the molecule is CCCCCCCc1c(C)n2c(cc(=O)n2-c2ccccc2)[nH]c1=O. The lowest BCUT2D eigenvalue weighted by Gasteiger charge is -2.12. The molecule has 0 saturated heterocycles. The second-order valence-electron chi connectivity index (χ2n) is 6.51. The van der Waals surface area contributed by atoms with Crippen molar-refractivity contribution in [3.63, 3.8) is 0 Å². The van der Waals surface area contributed by atoms with Crippen LogP contribution in [0.3, 0.4) is 0 Å². The Balaban J connectivity index is 2.03. The fraction of sp³-hybridized carbons (Fsp3) is 0.400. The predicted molar refractivity (Wildman–Crippen MR) is 101 cm³/mol. The van der Waals surface area contributed by atoms with Gasteiger partial charge in [0.05, 0.1) is 5.69 Å². The summed E-state index contributed by atoms with van der Waals surface area (Å²) in [6.45, 7) is 4.11. The fourth-order valence-corrected chi connectivity index (χ4v) is 3.36. The normalized spacial score (nSPS) is 11.3. The van der Waals surface area contributed by atoms with Crippen molar-refractivity contribution in [1.29, 1.82) is 0 Å². The van der Waals surface area contributed by atoms with Gasteiger partial charge in [-0.25, -0.2) is 9.20 Å². The summed E-state index contributed by atoms with van der Waals surface area (Å²) in [5.74, 6) is 0. The van der Waals surface area contributed by atoms with Crippen molar-refractivity contribution >= 4 is 5.65 Å². The Morgan fingerprint density at radius 3 is 2.44 bits per heavy atom. The molecule has 0 unspecified atom stereocenters. The molecule has 0 bridgehead atoms. The molecule has 2 heterocycles. The molecule has 0 radical (unpaired) electrons. The van der Waals surface area contributed by atoms with Crippen LogP contribution in [-0.4, -0.2) is 14.2 Å².